The summed E-state index contributed by atoms with van der Waals surface area (Å²) >= 11 is 6.10. The Morgan fingerprint density at radius 2 is 2.06 bits per heavy atom. The first-order chi connectivity index (χ1) is 8.06. The van der Waals surface area contributed by atoms with Gasteiger partial charge in [-0.1, -0.05) is 17.7 Å². The highest BCUT2D eigenvalue weighted by molar-refractivity contribution is 6.33. The average molecular weight is 260 g/mol. The second-order valence-corrected chi connectivity index (χ2v) is 3.64. The molecule has 0 saturated carbocycles. The number of carbonyl (C=O) groups is 1. The minimum absolute atomic E-state index is 0.230. The second kappa shape index (κ2) is 5.75. The monoisotopic (exact) mass is 259 g/mol. The van der Waals surface area contributed by atoms with Crippen LogP contribution >= 0.6 is 11.6 Å². The van der Waals surface area contributed by atoms with Crippen LogP contribution in [0.15, 0.2) is 12.1 Å². The van der Waals surface area contributed by atoms with E-state index in [9.17, 15) is 4.79 Å². The minimum Gasteiger partial charge on any atom is -0.493 e. The molecule has 2 N–H and O–H groups in total. The summed E-state index contributed by atoms with van der Waals surface area (Å²) in [6.07, 6.45) is 0. The Morgan fingerprint density at radius 1 is 1.41 bits per heavy atom. The van der Waals surface area contributed by atoms with Gasteiger partial charge in [0.05, 0.1) is 19.2 Å². The molecule has 94 valence electrons. The molecule has 0 aliphatic rings. The Kier molecular flexibility index (Phi) is 4.60. The normalized spacial score (nSPS) is 12.0. The number of hydrogen-bond donors (Lipinski definition) is 2. The number of rotatable bonds is 5. The van der Waals surface area contributed by atoms with Crippen LogP contribution < -0.4 is 14.8 Å². The quantitative estimate of drug-likeness (QED) is 0.842. The number of hydrogen-bond acceptors (Lipinski definition) is 4. The van der Waals surface area contributed by atoms with Crippen molar-refractivity contribution in [2.45, 2.75) is 6.04 Å². The minimum atomic E-state index is -1.01. The van der Waals surface area contributed by atoms with Gasteiger partial charge in [-0.15, -0.1) is 0 Å². The highest BCUT2D eigenvalue weighted by Gasteiger charge is 2.24. The molecular formula is C11H14ClNO4. The van der Waals surface area contributed by atoms with Crippen molar-refractivity contribution in [1.29, 1.82) is 0 Å². The molecule has 1 aromatic rings. The number of carboxylic acids is 1. The molecule has 0 heterocycles. The van der Waals surface area contributed by atoms with E-state index < -0.39 is 12.0 Å². The number of halogens is 1. The lowest BCUT2D eigenvalue weighted by molar-refractivity contribution is -0.139. The average Bonchev–Trinajstić information content (AvgIpc) is 2.31. The molecule has 0 saturated heterocycles. The maximum absolute atomic E-state index is 11.0. The molecule has 0 amide bonds. The van der Waals surface area contributed by atoms with Crippen molar-refractivity contribution in [3.05, 3.63) is 22.7 Å². The molecule has 1 atom stereocenters. The third-order valence-electron chi connectivity index (χ3n) is 2.36. The fraction of sp³-hybridized carbons (Fsp3) is 0.364. The van der Waals surface area contributed by atoms with E-state index in [1.807, 2.05) is 0 Å². The zero-order valence-electron chi connectivity index (χ0n) is 9.78. The number of benzene rings is 1. The van der Waals surface area contributed by atoms with Gasteiger partial charge >= 0.3 is 5.97 Å². The van der Waals surface area contributed by atoms with Gasteiger partial charge in [0.2, 0.25) is 0 Å². The fourth-order valence-electron chi connectivity index (χ4n) is 1.54. The Morgan fingerprint density at radius 3 is 2.47 bits per heavy atom. The summed E-state index contributed by atoms with van der Waals surface area (Å²) in [4.78, 5) is 11.0. The highest BCUT2D eigenvalue weighted by atomic mass is 35.5. The van der Waals surface area contributed by atoms with Crippen LogP contribution in [0.2, 0.25) is 5.02 Å². The van der Waals surface area contributed by atoms with E-state index >= 15 is 0 Å². The van der Waals surface area contributed by atoms with Gasteiger partial charge in [-0.3, -0.25) is 4.79 Å². The van der Waals surface area contributed by atoms with Crippen LogP contribution in [0.1, 0.15) is 11.6 Å². The SMILES string of the molecule is CNC(C(=O)O)c1ccc(OC)c(OC)c1Cl. The van der Waals surface area contributed by atoms with E-state index in [4.69, 9.17) is 26.2 Å². The Bertz CT molecular complexity index is 422. The van der Waals surface area contributed by atoms with Crippen molar-refractivity contribution >= 4 is 17.6 Å². The van der Waals surface area contributed by atoms with Gasteiger partial charge < -0.3 is 19.9 Å². The first kappa shape index (κ1) is 13.6. The molecule has 0 bridgehead atoms. The summed E-state index contributed by atoms with van der Waals surface area (Å²) < 4.78 is 10.2. The molecule has 0 aliphatic heterocycles. The first-order valence-corrected chi connectivity index (χ1v) is 5.25. The summed E-state index contributed by atoms with van der Waals surface area (Å²) in [7, 11) is 4.48. The van der Waals surface area contributed by atoms with Crippen LogP contribution in [-0.2, 0) is 4.79 Å². The van der Waals surface area contributed by atoms with Gasteiger partial charge in [0.25, 0.3) is 0 Å². The topological polar surface area (TPSA) is 67.8 Å². The molecule has 0 aromatic heterocycles. The van der Waals surface area contributed by atoms with Crippen molar-refractivity contribution < 1.29 is 19.4 Å². The molecule has 5 nitrogen and oxygen atoms in total. The third kappa shape index (κ3) is 2.62. The van der Waals surface area contributed by atoms with E-state index in [1.54, 1.807) is 19.2 Å². The van der Waals surface area contributed by atoms with Crippen LogP contribution in [0.4, 0.5) is 0 Å². The molecule has 6 heteroatoms. The lowest BCUT2D eigenvalue weighted by Crippen LogP contribution is -2.25. The number of likely N-dealkylation sites (N-methyl/N-ethyl adjacent to an activating group) is 1. The largest absolute Gasteiger partial charge is 0.493 e. The zero-order chi connectivity index (χ0) is 13.0. The van der Waals surface area contributed by atoms with E-state index in [1.165, 1.54) is 14.2 Å². The lowest BCUT2D eigenvalue weighted by atomic mass is 10.1. The van der Waals surface area contributed by atoms with Crippen LogP contribution in [-0.4, -0.2) is 32.3 Å². The van der Waals surface area contributed by atoms with Crippen LogP contribution in [0, 0.1) is 0 Å². The van der Waals surface area contributed by atoms with E-state index in [0.29, 0.717) is 17.1 Å². The number of aliphatic carboxylic acids is 1. The van der Waals surface area contributed by atoms with Gasteiger partial charge in [-0.25, -0.2) is 0 Å². The van der Waals surface area contributed by atoms with Crippen LogP contribution in [0.5, 0.6) is 11.5 Å². The van der Waals surface area contributed by atoms with E-state index in [2.05, 4.69) is 5.32 Å². The molecule has 0 fully saturated rings. The van der Waals surface area contributed by atoms with Crippen LogP contribution in [0.3, 0.4) is 0 Å². The summed E-state index contributed by atoms with van der Waals surface area (Å²) in [6, 6.07) is 2.33. The molecular weight excluding hydrogens is 246 g/mol. The number of methoxy groups -OCH3 is 2. The third-order valence-corrected chi connectivity index (χ3v) is 2.75. The van der Waals surface area contributed by atoms with Gasteiger partial charge in [0.15, 0.2) is 11.5 Å². The van der Waals surface area contributed by atoms with Crippen molar-refractivity contribution in [3.63, 3.8) is 0 Å². The molecule has 1 unspecified atom stereocenters. The van der Waals surface area contributed by atoms with Crippen molar-refractivity contribution in [2.24, 2.45) is 0 Å². The van der Waals surface area contributed by atoms with Crippen molar-refractivity contribution in [1.82, 2.24) is 5.32 Å². The number of carboxylic acid groups (broad SMARTS) is 1. The van der Waals surface area contributed by atoms with Crippen molar-refractivity contribution in [3.8, 4) is 11.5 Å². The zero-order valence-corrected chi connectivity index (χ0v) is 10.5. The maximum atomic E-state index is 11.0. The molecule has 0 spiro atoms. The lowest BCUT2D eigenvalue weighted by Gasteiger charge is -2.17. The molecule has 1 aromatic carbocycles. The van der Waals surface area contributed by atoms with Gasteiger partial charge in [-0.2, -0.15) is 0 Å². The smallest absolute Gasteiger partial charge is 0.325 e. The van der Waals surface area contributed by atoms with E-state index in [0.717, 1.165) is 0 Å². The predicted octanol–water partition coefficient (Wildman–Crippen LogP) is 1.70. The van der Waals surface area contributed by atoms with E-state index in [-0.39, 0.29) is 5.02 Å². The maximum Gasteiger partial charge on any atom is 0.325 e. The summed E-state index contributed by atoms with van der Waals surface area (Å²) in [6.45, 7) is 0. The summed E-state index contributed by atoms with van der Waals surface area (Å²) in [5.74, 6) is -0.226. The van der Waals surface area contributed by atoms with Gasteiger partial charge in [0.1, 0.15) is 6.04 Å². The molecule has 1 rings (SSSR count). The number of ether oxygens (including phenoxy) is 2. The van der Waals surface area contributed by atoms with Crippen molar-refractivity contribution in [2.75, 3.05) is 21.3 Å². The van der Waals surface area contributed by atoms with Gasteiger partial charge in [-0.05, 0) is 13.1 Å². The molecule has 0 aliphatic carbocycles. The summed E-state index contributed by atoms with van der Waals surface area (Å²) in [5.41, 5.74) is 0.430. The predicted molar refractivity (Wildman–Crippen MR) is 64.0 cm³/mol. The summed E-state index contributed by atoms with van der Waals surface area (Å²) in [5, 5.41) is 11.9. The van der Waals surface area contributed by atoms with Gasteiger partial charge in [0, 0.05) is 5.56 Å². The molecule has 17 heavy (non-hydrogen) atoms. The van der Waals surface area contributed by atoms with Crippen LogP contribution in [0.25, 0.3) is 0 Å². The fourth-order valence-corrected chi connectivity index (χ4v) is 1.88. The standard InChI is InChI=1S/C11H14ClNO4/c1-13-9(11(14)15)6-4-5-7(16-2)10(17-3)8(6)12/h4-5,9,13H,1-3H3,(H,14,15). The second-order valence-electron chi connectivity index (χ2n) is 3.26. The molecule has 0 radical (unpaired) electrons. The Balaban J connectivity index is 3.31. The Hall–Kier alpha value is -1.46. The highest BCUT2D eigenvalue weighted by Crippen LogP contribution is 2.39. The Labute approximate surface area is 104 Å². The first-order valence-electron chi connectivity index (χ1n) is 4.87. The number of nitrogens with one attached hydrogen (secondary N) is 1.